The first kappa shape index (κ1) is 16.2. The average Bonchev–Trinajstić information content (AvgIpc) is 3.10. The Balaban J connectivity index is 1.73. The molecule has 2 heterocycles. The van der Waals surface area contributed by atoms with E-state index in [1.165, 1.54) is 11.1 Å². The molecule has 4 heteroatoms. The number of thiophene rings is 1. The van der Waals surface area contributed by atoms with Crippen molar-refractivity contribution in [3.8, 4) is 0 Å². The summed E-state index contributed by atoms with van der Waals surface area (Å²) in [6.45, 7) is 5.13. The summed E-state index contributed by atoms with van der Waals surface area (Å²) in [5.74, 6) is 0.178. The van der Waals surface area contributed by atoms with Crippen LogP contribution in [0.2, 0.25) is 0 Å². The average molecular weight is 329 g/mol. The second kappa shape index (κ2) is 7.75. The number of rotatable bonds is 5. The lowest BCUT2D eigenvalue weighted by atomic mass is 9.81. The van der Waals surface area contributed by atoms with E-state index in [1.807, 2.05) is 13.0 Å². The molecule has 1 fully saturated rings. The molecule has 2 aromatic rings. The Labute approximate surface area is 141 Å². The highest BCUT2D eigenvalue weighted by molar-refractivity contribution is 7.08. The van der Waals surface area contributed by atoms with Crippen LogP contribution in [0.1, 0.15) is 30.4 Å². The number of carbonyl (C=O) groups is 1. The van der Waals surface area contributed by atoms with Gasteiger partial charge in [-0.05, 0) is 47.8 Å². The summed E-state index contributed by atoms with van der Waals surface area (Å²) < 4.78 is 5.31. The van der Waals surface area contributed by atoms with E-state index >= 15 is 0 Å². The van der Waals surface area contributed by atoms with Crippen molar-refractivity contribution in [2.75, 3.05) is 19.7 Å². The van der Waals surface area contributed by atoms with Gasteiger partial charge in [-0.15, -0.1) is 0 Å². The van der Waals surface area contributed by atoms with Crippen LogP contribution in [0.5, 0.6) is 0 Å². The van der Waals surface area contributed by atoms with E-state index in [4.69, 9.17) is 4.74 Å². The first-order valence-electron chi connectivity index (χ1n) is 8.23. The number of esters is 1. The van der Waals surface area contributed by atoms with Crippen molar-refractivity contribution in [2.45, 2.75) is 25.8 Å². The van der Waals surface area contributed by atoms with Gasteiger partial charge in [-0.2, -0.15) is 11.3 Å². The minimum absolute atomic E-state index is 0.0171. The molecule has 0 aliphatic carbocycles. The lowest BCUT2D eigenvalue weighted by Gasteiger charge is -2.37. The van der Waals surface area contributed by atoms with Crippen LogP contribution >= 0.6 is 11.3 Å². The largest absolute Gasteiger partial charge is 0.466 e. The molecule has 0 amide bonds. The number of likely N-dealkylation sites (tertiary alicyclic amines) is 1. The van der Waals surface area contributed by atoms with Gasteiger partial charge in [0, 0.05) is 19.0 Å². The van der Waals surface area contributed by atoms with Crippen molar-refractivity contribution in [2.24, 2.45) is 5.92 Å². The molecule has 23 heavy (non-hydrogen) atoms. The molecule has 2 unspecified atom stereocenters. The fraction of sp³-hybridized carbons (Fsp3) is 0.421. The molecule has 0 N–H and O–H groups in total. The van der Waals surface area contributed by atoms with Gasteiger partial charge in [-0.1, -0.05) is 30.3 Å². The maximum absolute atomic E-state index is 12.3. The highest BCUT2D eigenvalue weighted by Crippen LogP contribution is 2.35. The number of benzene rings is 1. The van der Waals surface area contributed by atoms with Gasteiger partial charge >= 0.3 is 5.97 Å². The maximum atomic E-state index is 12.3. The van der Waals surface area contributed by atoms with Gasteiger partial charge in [0.05, 0.1) is 12.5 Å². The third kappa shape index (κ3) is 4.01. The summed E-state index contributed by atoms with van der Waals surface area (Å²) in [7, 11) is 0. The quantitative estimate of drug-likeness (QED) is 0.779. The number of hydrogen-bond donors (Lipinski definition) is 0. The van der Waals surface area contributed by atoms with Crippen LogP contribution < -0.4 is 0 Å². The van der Waals surface area contributed by atoms with Crippen molar-refractivity contribution < 1.29 is 9.53 Å². The van der Waals surface area contributed by atoms with Gasteiger partial charge in [0.25, 0.3) is 0 Å². The van der Waals surface area contributed by atoms with E-state index in [0.717, 1.165) is 26.1 Å². The van der Waals surface area contributed by atoms with Crippen LogP contribution in [0, 0.1) is 5.92 Å². The highest BCUT2D eigenvalue weighted by Gasteiger charge is 2.36. The minimum Gasteiger partial charge on any atom is -0.466 e. The van der Waals surface area contributed by atoms with E-state index in [2.05, 4.69) is 46.0 Å². The lowest BCUT2D eigenvalue weighted by molar-refractivity contribution is -0.150. The van der Waals surface area contributed by atoms with E-state index in [-0.39, 0.29) is 17.8 Å². The molecular weight excluding hydrogens is 306 g/mol. The molecule has 1 aliphatic rings. The number of ether oxygens (including phenoxy) is 1. The Bertz CT molecular complexity index is 612. The normalized spacial score (nSPS) is 22.0. The molecule has 0 spiro atoms. The van der Waals surface area contributed by atoms with Gasteiger partial charge < -0.3 is 4.74 Å². The molecule has 3 rings (SSSR count). The van der Waals surface area contributed by atoms with Gasteiger partial charge in [0.15, 0.2) is 0 Å². The van der Waals surface area contributed by atoms with Gasteiger partial charge in [0.2, 0.25) is 0 Å². The topological polar surface area (TPSA) is 29.5 Å². The highest BCUT2D eigenvalue weighted by atomic mass is 32.1. The third-order valence-corrected chi connectivity index (χ3v) is 5.21. The molecule has 0 radical (unpaired) electrons. The summed E-state index contributed by atoms with van der Waals surface area (Å²) >= 11 is 1.69. The fourth-order valence-corrected chi connectivity index (χ4v) is 4.08. The van der Waals surface area contributed by atoms with Crippen molar-refractivity contribution >= 4 is 17.3 Å². The molecule has 3 nitrogen and oxygen atoms in total. The Hall–Kier alpha value is -1.65. The minimum atomic E-state index is -0.0388. The zero-order valence-electron chi connectivity index (χ0n) is 13.5. The van der Waals surface area contributed by atoms with Crippen molar-refractivity contribution in [3.63, 3.8) is 0 Å². The zero-order chi connectivity index (χ0) is 16.1. The van der Waals surface area contributed by atoms with Gasteiger partial charge in [-0.25, -0.2) is 0 Å². The summed E-state index contributed by atoms with van der Waals surface area (Å²) in [6.07, 6.45) is 0.867. The SMILES string of the molecule is CCOC(=O)C1CCN(Cc2ccccc2)CC1c1ccsc1. The zero-order valence-corrected chi connectivity index (χ0v) is 14.3. The summed E-state index contributed by atoms with van der Waals surface area (Å²) in [5.41, 5.74) is 2.59. The second-order valence-electron chi connectivity index (χ2n) is 6.03. The summed E-state index contributed by atoms with van der Waals surface area (Å²) in [5, 5.41) is 4.26. The second-order valence-corrected chi connectivity index (χ2v) is 6.81. The molecule has 0 saturated carbocycles. The van der Waals surface area contributed by atoms with E-state index in [9.17, 15) is 4.79 Å². The van der Waals surface area contributed by atoms with E-state index < -0.39 is 0 Å². The summed E-state index contributed by atoms with van der Waals surface area (Å²) in [4.78, 5) is 14.8. The van der Waals surface area contributed by atoms with Crippen molar-refractivity contribution in [1.29, 1.82) is 0 Å². The number of hydrogen-bond acceptors (Lipinski definition) is 4. The first-order chi connectivity index (χ1) is 11.3. The molecule has 1 aliphatic heterocycles. The lowest BCUT2D eigenvalue weighted by Crippen LogP contribution is -2.42. The van der Waals surface area contributed by atoms with Crippen LogP contribution in [-0.2, 0) is 16.1 Å². The van der Waals surface area contributed by atoms with Crippen LogP contribution in [0.25, 0.3) is 0 Å². The number of carbonyl (C=O) groups excluding carboxylic acids is 1. The molecular formula is C19H23NO2S. The third-order valence-electron chi connectivity index (χ3n) is 4.51. The smallest absolute Gasteiger partial charge is 0.309 e. The molecule has 1 aromatic carbocycles. The molecule has 2 atom stereocenters. The first-order valence-corrected chi connectivity index (χ1v) is 9.17. The maximum Gasteiger partial charge on any atom is 0.309 e. The Morgan fingerprint density at radius 1 is 1.30 bits per heavy atom. The van der Waals surface area contributed by atoms with Crippen LogP contribution in [0.3, 0.4) is 0 Å². The molecule has 1 aromatic heterocycles. The summed E-state index contributed by atoms with van der Waals surface area (Å²) in [6, 6.07) is 12.7. The van der Waals surface area contributed by atoms with Gasteiger partial charge in [-0.3, -0.25) is 9.69 Å². The molecule has 1 saturated heterocycles. The monoisotopic (exact) mass is 329 g/mol. The fourth-order valence-electron chi connectivity index (χ4n) is 3.36. The predicted octanol–water partition coefficient (Wildman–Crippen LogP) is 3.92. The number of piperidine rings is 1. The van der Waals surface area contributed by atoms with Crippen LogP contribution in [0.4, 0.5) is 0 Å². The van der Waals surface area contributed by atoms with Gasteiger partial charge in [0.1, 0.15) is 0 Å². The Morgan fingerprint density at radius 2 is 2.13 bits per heavy atom. The Morgan fingerprint density at radius 3 is 2.83 bits per heavy atom. The number of nitrogens with zero attached hydrogens (tertiary/aromatic N) is 1. The van der Waals surface area contributed by atoms with Crippen LogP contribution in [0.15, 0.2) is 47.2 Å². The van der Waals surface area contributed by atoms with Crippen molar-refractivity contribution in [3.05, 3.63) is 58.3 Å². The standard InChI is InChI=1S/C19H23NO2S/c1-2-22-19(21)17-8-10-20(12-15-6-4-3-5-7-15)13-18(17)16-9-11-23-14-16/h3-7,9,11,14,17-18H,2,8,10,12-13H2,1H3. The van der Waals surface area contributed by atoms with Crippen molar-refractivity contribution in [1.82, 2.24) is 4.90 Å². The molecule has 0 bridgehead atoms. The molecule has 122 valence electrons. The van der Waals surface area contributed by atoms with E-state index in [1.54, 1.807) is 11.3 Å². The van der Waals surface area contributed by atoms with E-state index in [0.29, 0.717) is 6.61 Å². The predicted molar refractivity (Wildman–Crippen MR) is 93.5 cm³/mol. The van der Waals surface area contributed by atoms with Crippen LogP contribution in [-0.4, -0.2) is 30.6 Å². The Kier molecular flexibility index (Phi) is 5.47.